The van der Waals surface area contributed by atoms with Gasteiger partial charge in [0, 0.05) is 24.7 Å². The lowest BCUT2D eigenvalue weighted by Crippen LogP contribution is -2.62. The standard InChI is InChI=1S/C13H26N2.C11H22N2.C2H6/c1-12(2)15-11-7-3-4-8-13(15)9-5-6-10-14-13;1-13-9-5-3-7-11(10-13)6-2-4-8-12-11;1-2/h12,14H,3-11H2,1-2H3;12H,2-10H2,1H3;1-2H3. The first kappa shape index (κ1) is 26.1. The van der Waals surface area contributed by atoms with Crippen LogP contribution in [0.3, 0.4) is 0 Å². The summed E-state index contributed by atoms with van der Waals surface area (Å²) in [4.78, 5) is 5.24. The molecule has 2 atom stereocenters. The van der Waals surface area contributed by atoms with Gasteiger partial charge in [-0.15, -0.1) is 0 Å². The Morgan fingerprint density at radius 3 is 1.87 bits per heavy atom. The number of rotatable bonds is 1. The molecule has 0 aromatic heterocycles. The number of likely N-dealkylation sites (tertiary alicyclic amines) is 2. The molecule has 4 saturated heterocycles. The predicted octanol–water partition coefficient (Wildman–Crippen LogP) is 5.38. The highest BCUT2D eigenvalue weighted by Crippen LogP contribution is 2.33. The van der Waals surface area contributed by atoms with Crippen LogP contribution < -0.4 is 10.6 Å². The minimum absolute atomic E-state index is 0.364. The van der Waals surface area contributed by atoms with Crippen molar-refractivity contribution >= 4 is 0 Å². The normalized spacial score (nSPS) is 33.8. The van der Waals surface area contributed by atoms with E-state index in [2.05, 4.69) is 41.3 Å². The number of nitrogens with zero attached hydrogens (tertiary/aromatic N) is 2. The van der Waals surface area contributed by atoms with Crippen molar-refractivity contribution in [3.63, 3.8) is 0 Å². The van der Waals surface area contributed by atoms with Crippen LogP contribution in [-0.4, -0.2) is 66.8 Å². The molecule has 4 aliphatic heterocycles. The average molecular weight is 423 g/mol. The maximum Gasteiger partial charge on any atom is 0.0714 e. The second-order valence-electron chi connectivity index (χ2n) is 10.4. The molecule has 4 rings (SSSR count). The van der Waals surface area contributed by atoms with Gasteiger partial charge >= 0.3 is 0 Å². The fraction of sp³-hybridized carbons (Fsp3) is 1.00. The van der Waals surface area contributed by atoms with Crippen LogP contribution in [0.25, 0.3) is 0 Å². The molecule has 30 heavy (non-hydrogen) atoms. The molecule has 4 fully saturated rings. The second-order valence-corrected chi connectivity index (χ2v) is 10.4. The van der Waals surface area contributed by atoms with Gasteiger partial charge in [-0.2, -0.15) is 0 Å². The Balaban J connectivity index is 0.000000199. The number of likely N-dealkylation sites (N-methyl/N-ethyl adjacent to an activating group) is 1. The highest BCUT2D eigenvalue weighted by atomic mass is 15.3. The quantitative estimate of drug-likeness (QED) is 0.594. The zero-order valence-corrected chi connectivity index (χ0v) is 21.2. The van der Waals surface area contributed by atoms with Crippen LogP contribution in [0, 0.1) is 0 Å². The van der Waals surface area contributed by atoms with Crippen molar-refractivity contribution in [1.29, 1.82) is 0 Å². The van der Waals surface area contributed by atoms with E-state index in [0.29, 0.717) is 17.2 Å². The molecule has 0 aliphatic carbocycles. The van der Waals surface area contributed by atoms with Gasteiger partial charge in [0.15, 0.2) is 0 Å². The Hall–Kier alpha value is -0.160. The minimum Gasteiger partial charge on any atom is -0.310 e. The summed E-state index contributed by atoms with van der Waals surface area (Å²) in [6.45, 7) is 15.0. The Morgan fingerprint density at radius 2 is 1.23 bits per heavy atom. The zero-order chi connectivity index (χ0) is 21.9. The smallest absolute Gasteiger partial charge is 0.0714 e. The molecule has 178 valence electrons. The van der Waals surface area contributed by atoms with E-state index in [1.165, 1.54) is 116 Å². The third-order valence-corrected chi connectivity index (χ3v) is 7.73. The van der Waals surface area contributed by atoms with E-state index in [4.69, 9.17) is 0 Å². The molecule has 0 aromatic rings. The first-order valence-electron chi connectivity index (χ1n) is 13.5. The third kappa shape index (κ3) is 7.46. The van der Waals surface area contributed by atoms with Crippen molar-refractivity contribution in [1.82, 2.24) is 20.4 Å². The monoisotopic (exact) mass is 422 g/mol. The Kier molecular flexibility index (Phi) is 11.7. The van der Waals surface area contributed by atoms with E-state index in [1.54, 1.807) is 0 Å². The van der Waals surface area contributed by atoms with Crippen LogP contribution in [0.2, 0.25) is 0 Å². The van der Waals surface area contributed by atoms with Crippen molar-refractivity contribution < 1.29 is 0 Å². The summed E-state index contributed by atoms with van der Waals surface area (Å²) in [5.41, 5.74) is 0.854. The topological polar surface area (TPSA) is 30.5 Å². The number of piperidine rings is 2. The van der Waals surface area contributed by atoms with E-state index < -0.39 is 0 Å². The van der Waals surface area contributed by atoms with Gasteiger partial charge < -0.3 is 10.2 Å². The van der Waals surface area contributed by atoms with Crippen LogP contribution in [-0.2, 0) is 0 Å². The van der Waals surface area contributed by atoms with E-state index in [0.717, 1.165) is 0 Å². The summed E-state index contributed by atoms with van der Waals surface area (Å²) in [6, 6.07) is 0.689. The summed E-state index contributed by atoms with van der Waals surface area (Å²) in [6.07, 6.45) is 18.2. The summed E-state index contributed by atoms with van der Waals surface area (Å²) in [7, 11) is 2.27. The van der Waals surface area contributed by atoms with Gasteiger partial charge in [0.1, 0.15) is 0 Å². The van der Waals surface area contributed by atoms with Crippen molar-refractivity contribution in [2.75, 3.05) is 39.8 Å². The Morgan fingerprint density at radius 1 is 0.667 bits per heavy atom. The molecule has 4 heteroatoms. The fourth-order valence-electron chi connectivity index (χ4n) is 6.30. The van der Waals surface area contributed by atoms with Gasteiger partial charge in [0.05, 0.1) is 5.66 Å². The highest BCUT2D eigenvalue weighted by Gasteiger charge is 2.39. The highest BCUT2D eigenvalue weighted by molar-refractivity contribution is 4.95. The van der Waals surface area contributed by atoms with Crippen molar-refractivity contribution in [3.8, 4) is 0 Å². The summed E-state index contributed by atoms with van der Waals surface area (Å²) in [5.74, 6) is 0. The molecule has 4 aliphatic rings. The molecule has 0 radical (unpaired) electrons. The number of hydrogen-bond donors (Lipinski definition) is 2. The van der Waals surface area contributed by atoms with Crippen LogP contribution in [0.4, 0.5) is 0 Å². The van der Waals surface area contributed by atoms with Crippen LogP contribution >= 0.6 is 0 Å². The predicted molar refractivity (Wildman–Crippen MR) is 132 cm³/mol. The first-order valence-corrected chi connectivity index (χ1v) is 13.5. The van der Waals surface area contributed by atoms with Gasteiger partial charge in [0.2, 0.25) is 0 Å². The number of hydrogen-bond acceptors (Lipinski definition) is 4. The Labute approximate surface area is 188 Å². The SMILES string of the molecule is CC.CC(C)N1CCCCCC12CCCCN2.CN1CCCCC2(CCCCN2)C1. The second kappa shape index (κ2) is 13.4. The van der Waals surface area contributed by atoms with E-state index in [9.17, 15) is 0 Å². The molecule has 4 nitrogen and oxygen atoms in total. The van der Waals surface area contributed by atoms with Crippen LogP contribution in [0.5, 0.6) is 0 Å². The maximum atomic E-state index is 3.83. The summed E-state index contributed by atoms with van der Waals surface area (Å²) < 4.78 is 0. The minimum atomic E-state index is 0.364. The summed E-state index contributed by atoms with van der Waals surface area (Å²) >= 11 is 0. The van der Waals surface area contributed by atoms with E-state index in [1.807, 2.05) is 13.8 Å². The lowest BCUT2D eigenvalue weighted by atomic mass is 9.85. The lowest BCUT2D eigenvalue weighted by molar-refractivity contribution is 0.00546. The number of nitrogens with one attached hydrogen (secondary N) is 2. The van der Waals surface area contributed by atoms with Crippen molar-refractivity contribution in [2.45, 2.75) is 128 Å². The fourth-order valence-corrected chi connectivity index (χ4v) is 6.30. The molecule has 2 N–H and O–H groups in total. The van der Waals surface area contributed by atoms with Gasteiger partial charge in [-0.25, -0.2) is 0 Å². The van der Waals surface area contributed by atoms with Gasteiger partial charge in [-0.1, -0.05) is 39.5 Å². The summed E-state index contributed by atoms with van der Waals surface area (Å²) in [5, 5.41) is 7.60. The maximum absolute atomic E-state index is 3.83. The van der Waals surface area contributed by atoms with Gasteiger partial charge in [0.25, 0.3) is 0 Å². The molecule has 0 bridgehead atoms. The molecule has 0 saturated carbocycles. The van der Waals surface area contributed by atoms with E-state index >= 15 is 0 Å². The van der Waals surface area contributed by atoms with Gasteiger partial charge in [-0.3, -0.25) is 10.2 Å². The molecule has 4 heterocycles. The molecular formula is C26H54N4. The van der Waals surface area contributed by atoms with Crippen molar-refractivity contribution in [2.24, 2.45) is 0 Å². The zero-order valence-electron chi connectivity index (χ0n) is 21.2. The lowest BCUT2D eigenvalue weighted by Gasteiger charge is -2.48. The molecule has 2 unspecified atom stereocenters. The molecule has 0 amide bonds. The Bertz CT molecular complexity index is 438. The van der Waals surface area contributed by atoms with Crippen molar-refractivity contribution in [3.05, 3.63) is 0 Å². The van der Waals surface area contributed by atoms with E-state index in [-0.39, 0.29) is 0 Å². The first-order chi connectivity index (χ1) is 14.6. The average Bonchev–Trinajstić information content (AvgIpc) is 3.07. The largest absolute Gasteiger partial charge is 0.310 e. The van der Waals surface area contributed by atoms with Gasteiger partial charge in [-0.05, 0) is 98.3 Å². The molecule has 2 spiro atoms. The third-order valence-electron chi connectivity index (χ3n) is 7.73. The molecular weight excluding hydrogens is 368 g/mol. The molecule has 0 aromatic carbocycles. The van der Waals surface area contributed by atoms with Crippen LogP contribution in [0.1, 0.15) is 111 Å². The van der Waals surface area contributed by atoms with Crippen LogP contribution in [0.15, 0.2) is 0 Å².